The summed E-state index contributed by atoms with van der Waals surface area (Å²) in [6, 6.07) is 13.1. The number of hydrazine groups is 1. The van der Waals surface area contributed by atoms with E-state index in [1.54, 1.807) is 30.1 Å². The number of pyridine rings is 1. The highest BCUT2D eigenvalue weighted by molar-refractivity contribution is 6.04. The molecular weight excluding hydrogens is 532 g/mol. The van der Waals surface area contributed by atoms with Gasteiger partial charge < -0.3 is 25.7 Å². The average molecular weight is 571 g/mol. The Bertz CT molecular complexity index is 1530. The first-order valence-corrected chi connectivity index (χ1v) is 14.0. The molecule has 220 valence electrons. The Balaban J connectivity index is 1.32. The molecule has 4 heterocycles. The number of methoxy groups -OCH3 is 1. The summed E-state index contributed by atoms with van der Waals surface area (Å²) in [5.41, 5.74) is 8.09. The van der Waals surface area contributed by atoms with Crippen molar-refractivity contribution in [2.75, 3.05) is 56.4 Å². The van der Waals surface area contributed by atoms with Crippen molar-refractivity contribution in [3.8, 4) is 5.82 Å². The quantitative estimate of drug-likeness (QED) is 0.259. The van der Waals surface area contributed by atoms with Crippen LogP contribution in [0.3, 0.4) is 0 Å². The summed E-state index contributed by atoms with van der Waals surface area (Å²) in [4.78, 5) is 28.6. The van der Waals surface area contributed by atoms with Gasteiger partial charge in [-0.15, -0.1) is 0 Å². The first-order valence-electron chi connectivity index (χ1n) is 14.0. The second-order valence-corrected chi connectivity index (χ2v) is 10.6. The number of likely N-dealkylation sites (N-methyl/N-ethyl adjacent to an activating group) is 1. The Morgan fingerprint density at radius 1 is 1.02 bits per heavy atom. The second kappa shape index (κ2) is 13.1. The number of piperazine rings is 1. The van der Waals surface area contributed by atoms with Crippen LogP contribution in [-0.2, 0) is 11.2 Å². The predicted molar refractivity (Wildman–Crippen MR) is 163 cm³/mol. The van der Waals surface area contributed by atoms with E-state index in [2.05, 4.69) is 53.1 Å². The van der Waals surface area contributed by atoms with E-state index in [1.807, 2.05) is 51.1 Å². The number of rotatable bonds is 10. The number of carbonyl (C=O) groups is 1. The van der Waals surface area contributed by atoms with E-state index in [-0.39, 0.29) is 12.0 Å². The summed E-state index contributed by atoms with van der Waals surface area (Å²) >= 11 is 0. The van der Waals surface area contributed by atoms with Gasteiger partial charge in [0, 0.05) is 80.7 Å². The van der Waals surface area contributed by atoms with Crippen LogP contribution in [0.5, 0.6) is 0 Å². The molecular formula is C30H38N10O2. The smallest absolute Gasteiger partial charge is 0.255 e. The lowest BCUT2D eigenvalue weighted by molar-refractivity contribution is 0.102. The zero-order valence-electron chi connectivity index (χ0n) is 24.8. The van der Waals surface area contributed by atoms with Gasteiger partial charge in [0.15, 0.2) is 5.82 Å². The number of carbonyl (C=O) groups excluding carboxylic acids is 1. The van der Waals surface area contributed by atoms with Gasteiger partial charge in [-0.3, -0.25) is 9.78 Å². The maximum absolute atomic E-state index is 13.1. The van der Waals surface area contributed by atoms with Gasteiger partial charge in [0.2, 0.25) is 0 Å². The van der Waals surface area contributed by atoms with Crippen LogP contribution < -0.4 is 16.1 Å². The zero-order valence-corrected chi connectivity index (χ0v) is 24.8. The molecule has 3 N–H and O–H groups in total. The monoisotopic (exact) mass is 570 g/mol. The first kappa shape index (κ1) is 29.1. The fraction of sp³-hybridized carbons (Fsp3) is 0.367. The van der Waals surface area contributed by atoms with Gasteiger partial charge >= 0.3 is 0 Å². The van der Waals surface area contributed by atoms with E-state index >= 15 is 0 Å². The lowest BCUT2D eigenvalue weighted by Gasteiger charge is -2.32. The zero-order chi connectivity index (χ0) is 29.6. The summed E-state index contributed by atoms with van der Waals surface area (Å²) in [6.45, 7) is 9.72. The van der Waals surface area contributed by atoms with E-state index in [0.29, 0.717) is 29.3 Å². The van der Waals surface area contributed by atoms with E-state index in [4.69, 9.17) is 4.74 Å². The summed E-state index contributed by atoms with van der Waals surface area (Å²) in [7, 11) is 3.79. The number of benzene rings is 1. The molecule has 1 saturated heterocycles. The molecule has 1 atom stereocenters. The summed E-state index contributed by atoms with van der Waals surface area (Å²) in [5.74, 6) is 1.88. The van der Waals surface area contributed by atoms with Crippen molar-refractivity contribution in [2.24, 2.45) is 0 Å². The molecule has 1 amide bonds. The Morgan fingerprint density at radius 3 is 2.62 bits per heavy atom. The molecule has 12 heteroatoms. The van der Waals surface area contributed by atoms with Gasteiger partial charge in [-0.2, -0.15) is 9.78 Å². The molecule has 1 aliphatic heterocycles. The van der Waals surface area contributed by atoms with Crippen LogP contribution in [0.2, 0.25) is 0 Å². The van der Waals surface area contributed by atoms with Crippen LogP contribution in [-0.4, -0.2) is 87.0 Å². The maximum Gasteiger partial charge on any atom is 0.255 e. The van der Waals surface area contributed by atoms with Crippen molar-refractivity contribution < 1.29 is 9.53 Å². The number of aryl methyl sites for hydroxylation is 2. The van der Waals surface area contributed by atoms with Crippen molar-refractivity contribution in [3.63, 3.8) is 0 Å². The predicted octanol–water partition coefficient (Wildman–Crippen LogP) is 3.82. The highest BCUT2D eigenvalue weighted by atomic mass is 16.5. The average Bonchev–Trinajstić information content (AvgIpc) is 3.36. The normalized spacial score (nSPS) is 14.9. The van der Waals surface area contributed by atoms with E-state index < -0.39 is 0 Å². The molecule has 5 rings (SSSR count). The Kier molecular flexibility index (Phi) is 9.06. The number of nitrogens with one attached hydrogen (secondary N) is 3. The van der Waals surface area contributed by atoms with Crippen LogP contribution in [0.4, 0.5) is 23.0 Å². The number of hydrogen-bond donors (Lipinski definition) is 3. The van der Waals surface area contributed by atoms with Crippen LogP contribution in [0, 0.1) is 13.8 Å². The number of ether oxygens (including phenoxy) is 1. The highest BCUT2D eigenvalue weighted by Gasteiger charge is 2.16. The van der Waals surface area contributed by atoms with Crippen molar-refractivity contribution in [2.45, 2.75) is 33.3 Å². The van der Waals surface area contributed by atoms with Crippen LogP contribution in [0.15, 0.2) is 55.0 Å². The third kappa shape index (κ3) is 7.27. The Hall–Kier alpha value is -4.39. The summed E-state index contributed by atoms with van der Waals surface area (Å²) in [5, 5.41) is 13.3. The third-order valence-electron chi connectivity index (χ3n) is 7.21. The molecule has 3 aromatic heterocycles. The minimum absolute atomic E-state index is 0.0146. The molecule has 4 aromatic rings. The van der Waals surface area contributed by atoms with Crippen molar-refractivity contribution in [1.82, 2.24) is 34.6 Å². The standard InChI is InChI=1S/C30H38N10O2/c1-20-6-7-24(34-30(41)23-8-9-31-25(16-23)15-22(3)42-5)17-26(20)35-29-14-21(2)36-40(29)28-18-27(32-19-33-28)37-39-12-10-38(4)11-13-39/h6-9,14,16-19,22,35H,10-13,15H2,1-5H3,(H,34,41)(H,32,33,37). The fourth-order valence-corrected chi connectivity index (χ4v) is 4.65. The van der Waals surface area contributed by atoms with Gasteiger partial charge in [-0.25, -0.2) is 15.0 Å². The van der Waals surface area contributed by atoms with Gasteiger partial charge in [0.25, 0.3) is 5.91 Å². The minimum atomic E-state index is -0.208. The summed E-state index contributed by atoms with van der Waals surface area (Å²) < 4.78 is 7.09. The molecule has 0 spiro atoms. The molecule has 0 saturated carbocycles. The number of amides is 1. The number of anilines is 4. The molecule has 0 radical (unpaired) electrons. The van der Waals surface area contributed by atoms with E-state index in [0.717, 1.165) is 54.6 Å². The van der Waals surface area contributed by atoms with Crippen LogP contribution in [0.25, 0.3) is 5.82 Å². The molecule has 0 bridgehead atoms. The molecule has 0 aliphatic carbocycles. The Labute approximate surface area is 246 Å². The van der Waals surface area contributed by atoms with Gasteiger partial charge in [-0.05, 0) is 57.6 Å². The maximum atomic E-state index is 13.1. The number of nitrogens with zero attached hydrogens (tertiary/aromatic N) is 7. The van der Waals surface area contributed by atoms with E-state index in [9.17, 15) is 4.79 Å². The lowest BCUT2D eigenvalue weighted by Crippen LogP contribution is -2.47. The number of hydrogen-bond acceptors (Lipinski definition) is 10. The molecule has 1 fully saturated rings. The minimum Gasteiger partial charge on any atom is -0.381 e. The Morgan fingerprint density at radius 2 is 1.83 bits per heavy atom. The van der Waals surface area contributed by atoms with Crippen LogP contribution in [0.1, 0.15) is 34.2 Å². The first-order chi connectivity index (χ1) is 20.3. The van der Waals surface area contributed by atoms with Crippen molar-refractivity contribution in [1.29, 1.82) is 0 Å². The van der Waals surface area contributed by atoms with Crippen LogP contribution >= 0.6 is 0 Å². The van der Waals surface area contributed by atoms with E-state index in [1.165, 1.54) is 6.33 Å². The highest BCUT2D eigenvalue weighted by Crippen LogP contribution is 2.27. The lowest BCUT2D eigenvalue weighted by atomic mass is 10.1. The SMILES string of the molecule is COC(C)Cc1cc(C(=O)Nc2ccc(C)c(Nc3cc(C)nn3-c3cc(NN4CCN(C)CC4)ncn3)c2)ccn1. The van der Waals surface area contributed by atoms with Crippen molar-refractivity contribution >= 4 is 28.9 Å². The fourth-order valence-electron chi connectivity index (χ4n) is 4.65. The number of aromatic nitrogens is 5. The van der Waals surface area contributed by atoms with Crippen molar-refractivity contribution in [3.05, 3.63) is 77.5 Å². The molecule has 12 nitrogen and oxygen atoms in total. The topological polar surface area (TPSA) is 125 Å². The molecule has 1 unspecified atom stereocenters. The molecule has 42 heavy (non-hydrogen) atoms. The molecule has 1 aromatic carbocycles. The largest absolute Gasteiger partial charge is 0.381 e. The van der Waals surface area contributed by atoms with Gasteiger partial charge in [0.1, 0.15) is 18.0 Å². The van der Waals surface area contributed by atoms with Gasteiger partial charge in [-0.1, -0.05) is 6.07 Å². The molecule has 1 aliphatic rings. The summed E-state index contributed by atoms with van der Waals surface area (Å²) in [6.07, 6.45) is 3.83. The third-order valence-corrected chi connectivity index (χ3v) is 7.21. The second-order valence-electron chi connectivity index (χ2n) is 10.6. The van der Waals surface area contributed by atoms with Gasteiger partial charge in [0.05, 0.1) is 11.8 Å².